The third-order valence-corrected chi connectivity index (χ3v) is 5.46. The molecule has 1 amide bonds. The van der Waals surface area contributed by atoms with E-state index in [1.165, 1.54) is 30.3 Å². The molecule has 2 rings (SSSR count). The predicted octanol–water partition coefficient (Wildman–Crippen LogP) is 1.39. The molecule has 10 heteroatoms. The molecular formula is C18H19FN2O6S. The van der Waals surface area contributed by atoms with Gasteiger partial charge in [-0.2, -0.15) is 0 Å². The van der Waals surface area contributed by atoms with Crippen LogP contribution in [-0.2, 0) is 19.6 Å². The van der Waals surface area contributed by atoms with Crippen molar-refractivity contribution in [2.45, 2.75) is 24.5 Å². The van der Waals surface area contributed by atoms with Crippen LogP contribution in [0.4, 0.5) is 10.1 Å². The largest absolute Gasteiger partial charge is 0.462 e. The molecule has 8 nitrogen and oxygen atoms in total. The SMILES string of the molecule is CCOC(=O)c1ccc(N(C(O)CC(N)=O)S(=O)(=O)c2cccc(F)c2)cc1. The lowest BCUT2D eigenvalue weighted by Crippen LogP contribution is -2.42. The molecule has 0 saturated heterocycles. The number of aliphatic hydroxyl groups is 1. The summed E-state index contributed by atoms with van der Waals surface area (Å²) in [4.78, 5) is 22.5. The first-order valence-corrected chi connectivity index (χ1v) is 9.64. The number of sulfonamides is 1. The van der Waals surface area contributed by atoms with Gasteiger partial charge in [0.05, 0.1) is 29.2 Å². The first-order chi connectivity index (χ1) is 13.2. The van der Waals surface area contributed by atoms with E-state index >= 15 is 0 Å². The number of rotatable bonds is 8. The minimum atomic E-state index is -4.45. The molecule has 0 fully saturated rings. The molecule has 3 N–H and O–H groups in total. The third kappa shape index (κ3) is 4.84. The molecule has 1 atom stereocenters. The Morgan fingerprint density at radius 2 is 1.86 bits per heavy atom. The number of primary amides is 1. The van der Waals surface area contributed by atoms with Crippen molar-refractivity contribution in [1.29, 1.82) is 0 Å². The number of nitrogens with two attached hydrogens (primary N) is 1. The average molecular weight is 410 g/mol. The summed E-state index contributed by atoms with van der Waals surface area (Å²) in [6.07, 6.45) is -2.52. The van der Waals surface area contributed by atoms with Gasteiger partial charge in [-0.3, -0.25) is 4.79 Å². The van der Waals surface area contributed by atoms with Crippen LogP contribution in [0.5, 0.6) is 0 Å². The molecule has 0 aliphatic carbocycles. The lowest BCUT2D eigenvalue weighted by Gasteiger charge is -2.28. The molecule has 0 spiro atoms. The summed E-state index contributed by atoms with van der Waals surface area (Å²) in [6, 6.07) is 9.32. The summed E-state index contributed by atoms with van der Waals surface area (Å²) in [7, 11) is -4.45. The molecule has 0 aliphatic rings. The van der Waals surface area contributed by atoms with Crippen LogP contribution < -0.4 is 10.0 Å². The van der Waals surface area contributed by atoms with Crippen LogP contribution in [0.3, 0.4) is 0 Å². The summed E-state index contributed by atoms with van der Waals surface area (Å²) in [5.41, 5.74) is 5.19. The standard InChI is InChI=1S/C18H19FN2O6S/c1-2-27-18(24)12-6-8-14(9-7-12)21(17(23)11-16(20)22)28(25,26)15-5-3-4-13(19)10-15/h3-10,17,23H,2,11H2,1H3,(H2,20,22). The Bertz CT molecular complexity index is 962. The van der Waals surface area contributed by atoms with Gasteiger partial charge in [-0.15, -0.1) is 0 Å². The van der Waals surface area contributed by atoms with Gasteiger partial charge in [0.15, 0.2) is 0 Å². The molecule has 0 bridgehead atoms. The van der Waals surface area contributed by atoms with Crippen LogP contribution in [0, 0.1) is 5.82 Å². The van der Waals surface area contributed by atoms with Crippen molar-refractivity contribution >= 4 is 27.6 Å². The highest BCUT2D eigenvalue weighted by atomic mass is 32.2. The fourth-order valence-electron chi connectivity index (χ4n) is 2.43. The Kier molecular flexibility index (Phi) is 6.71. The van der Waals surface area contributed by atoms with E-state index in [1.807, 2.05) is 0 Å². The van der Waals surface area contributed by atoms with E-state index in [2.05, 4.69) is 0 Å². The lowest BCUT2D eigenvalue weighted by molar-refractivity contribution is -0.119. The van der Waals surface area contributed by atoms with Crippen molar-refractivity contribution in [3.8, 4) is 0 Å². The van der Waals surface area contributed by atoms with Crippen LogP contribution in [0.2, 0.25) is 0 Å². The zero-order valence-electron chi connectivity index (χ0n) is 14.9. The van der Waals surface area contributed by atoms with Crippen molar-refractivity contribution in [2.75, 3.05) is 10.9 Å². The first kappa shape index (κ1) is 21.3. The summed E-state index contributed by atoms with van der Waals surface area (Å²) in [5.74, 6) is -2.33. The number of benzene rings is 2. The van der Waals surface area contributed by atoms with Gasteiger partial charge < -0.3 is 15.6 Å². The maximum Gasteiger partial charge on any atom is 0.338 e. The molecule has 0 radical (unpaired) electrons. The van der Waals surface area contributed by atoms with E-state index in [9.17, 15) is 27.5 Å². The highest BCUT2D eigenvalue weighted by Crippen LogP contribution is 2.27. The van der Waals surface area contributed by atoms with Gasteiger partial charge in [0.1, 0.15) is 12.0 Å². The molecule has 2 aromatic carbocycles. The maximum atomic E-state index is 13.5. The van der Waals surface area contributed by atoms with Crippen molar-refractivity contribution in [1.82, 2.24) is 0 Å². The number of hydrogen-bond donors (Lipinski definition) is 2. The normalized spacial score (nSPS) is 12.2. The summed E-state index contributed by atoms with van der Waals surface area (Å²) in [5, 5.41) is 10.3. The van der Waals surface area contributed by atoms with Crippen molar-refractivity contribution in [3.05, 3.63) is 59.9 Å². The molecule has 2 aromatic rings. The highest BCUT2D eigenvalue weighted by Gasteiger charge is 2.32. The summed E-state index contributed by atoms with van der Waals surface area (Å²) < 4.78 is 44.9. The third-order valence-electron chi connectivity index (χ3n) is 3.64. The zero-order valence-corrected chi connectivity index (χ0v) is 15.7. The quantitative estimate of drug-likeness (QED) is 0.500. The number of anilines is 1. The molecule has 150 valence electrons. The second-order valence-electron chi connectivity index (χ2n) is 5.68. The highest BCUT2D eigenvalue weighted by molar-refractivity contribution is 7.92. The molecule has 28 heavy (non-hydrogen) atoms. The van der Waals surface area contributed by atoms with Crippen LogP contribution >= 0.6 is 0 Å². The van der Waals surface area contributed by atoms with Gasteiger partial charge in [0, 0.05) is 0 Å². The topological polar surface area (TPSA) is 127 Å². The number of nitrogens with zero attached hydrogens (tertiary/aromatic N) is 1. The van der Waals surface area contributed by atoms with E-state index in [1.54, 1.807) is 6.92 Å². The van der Waals surface area contributed by atoms with Crippen LogP contribution in [0.25, 0.3) is 0 Å². The van der Waals surface area contributed by atoms with Crippen molar-refractivity contribution in [2.24, 2.45) is 5.73 Å². The van der Waals surface area contributed by atoms with Crippen LogP contribution in [0.1, 0.15) is 23.7 Å². The van der Waals surface area contributed by atoms with Crippen molar-refractivity contribution < 1.29 is 32.2 Å². The second-order valence-corrected chi connectivity index (χ2v) is 7.49. The summed E-state index contributed by atoms with van der Waals surface area (Å²) >= 11 is 0. The number of hydrogen-bond acceptors (Lipinski definition) is 6. The Balaban J connectivity index is 2.51. The molecule has 0 aliphatic heterocycles. The minimum absolute atomic E-state index is 0.0499. The van der Waals surface area contributed by atoms with E-state index < -0.39 is 45.3 Å². The number of carbonyl (C=O) groups excluding carboxylic acids is 2. The van der Waals surface area contributed by atoms with Gasteiger partial charge in [-0.25, -0.2) is 21.9 Å². The summed E-state index contributed by atoms with van der Waals surface area (Å²) in [6.45, 7) is 1.80. The second kappa shape index (κ2) is 8.81. The number of carbonyl (C=O) groups is 2. The number of halogens is 1. The van der Waals surface area contributed by atoms with E-state index in [-0.39, 0.29) is 17.9 Å². The fraction of sp³-hybridized carbons (Fsp3) is 0.222. The van der Waals surface area contributed by atoms with Gasteiger partial charge in [0.25, 0.3) is 10.0 Å². The number of amides is 1. The molecule has 0 aromatic heterocycles. The van der Waals surface area contributed by atoms with Gasteiger partial charge in [0.2, 0.25) is 5.91 Å². The Labute approximate surface area is 161 Å². The van der Waals surface area contributed by atoms with Crippen molar-refractivity contribution in [3.63, 3.8) is 0 Å². The first-order valence-electron chi connectivity index (χ1n) is 8.20. The fourth-order valence-corrected chi connectivity index (χ4v) is 3.97. The Hall–Kier alpha value is -2.98. The van der Waals surface area contributed by atoms with Gasteiger partial charge >= 0.3 is 5.97 Å². The monoisotopic (exact) mass is 410 g/mol. The Morgan fingerprint density at radius 3 is 2.39 bits per heavy atom. The number of esters is 1. The minimum Gasteiger partial charge on any atom is -0.462 e. The Morgan fingerprint density at radius 1 is 1.21 bits per heavy atom. The molecule has 0 saturated carbocycles. The van der Waals surface area contributed by atoms with E-state index in [4.69, 9.17) is 10.5 Å². The maximum absolute atomic E-state index is 13.5. The predicted molar refractivity (Wildman–Crippen MR) is 98.3 cm³/mol. The molecule has 0 heterocycles. The van der Waals surface area contributed by atoms with Crippen LogP contribution in [0.15, 0.2) is 53.4 Å². The van der Waals surface area contributed by atoms with E-state index in [0.717, 1.165) is 18.2 Å². The smallest absolute Gasteiger partial charge is 0.338 e. The average Bonchev–Trinajstić information content (AvgIpc) is 2.62. The number of ether oxygens (including phenoxy) is 1. The number of aliphatic hydroxyl groups excluding tert-OH is 1. The lowest BCUT2D eigenvalue weighted by atomic mass is 10.2. The zero-order chi connectivity index (χ0) is 20.9. The van der Waals surface area contributed by atoms with Gasteiger partial charge in [-0.1, -0.05) is 6.07 Å². The van der Waals surface area contributed by atoms with Crippen LogP contribution in [-0.4, -0.2) is 38.2 Å². The molecular weight excluding hydrogens is 391 g/mol. The van der Waals surface area contributed by atoms with E-state index in [0.29, 0.717) is 4.31 Å². The van der Waals surface area contributed by atoms with Gasteiger partial charge in [-0.05, 0) is 49.4 Å². The molecule has 1 unspecified atom stereocenters.